The molecule has 0 bridgehead atoms. The van der Waals surface area contributed by atoms with E-state index in [1.165, 1.54) is 19.1 Å². The van der Waals surface area contributed by atoms with Gasteiger partial charge in [-0.3, -0.25) is 0 Å². The molecule has 0 saturated heterocycles. The number of ether oxygens (including phenoxy) is 2. The summed E-state index contributed by atoms with van der Waals surface area (Å²) in [7, 11) is 0. The van der Waals surface area contributed by atoms with Crippen LogP contribution in [0.1, 0.15) is 36.7 Å². The number of rotatable bonds is 5. The van der Waals surface area contributed by atoms with E-state index < -0.39 is 17.4 Å². The number of hydrogen-bond acceptors (Lipinski definition) is 5. The van der Waals surface area contributed by atoms with Crippen molar-refractivity contribution >= 4 is 11.9 Å². The average Bonchev–Trinajstić information content (AvgIpc) is 2.47. The Kier molecular flexibility index (Phi) is 5.27. The number of carbonyl (C=O) groups excluding carboxylic acids is 2. The monoisotopic (exact) mass is 275 g/mol. The van der Waals surface area contributed by atoms with Gasteiger partial charge in [0.25, 0.3) is 0 Å². The average molecular weight is 275 g/mol. The Balaban J connectivity index is 3.05. The van der Waals surface area contributed by atoms with Gasteiger partial charge in [0.1, 0.15) is 0 Å². The van der Waals surface area contributed by atoms with Gasteiger partial charge >= 0.3 is 11.9 Å². The molecule has 0 N–H and O–H groups in total. The molecule has 1 aromatic rings. The lowest BCUT2D eigenvalue weighted by molar-refractivity contribution is -0.147. The van der Waals surface area contributed by atoms with Crippen molar-refractivity contribution in [2.45, 2.75) is 26.2 Å². The Bertz CT molecular complexity index is 530. The van der Waals surface area contributed by atoms with E-state index in [-0.39, 0.29) is 6.61 Å². The lowest BCUT2D eigenvalue weighted by atomic mass is 9.84. The first-order valence-electron chi connectivity index (χ1n) is 6.35. The molecule has 1 rings (SSSR count). The molecule has 106 valence electrons. The molecule has 0 fully saturated rings. The van der Waals surface area contributed by atoms with Crippen LogP contribution in [0.15, 0.2) is 24.3 Å². The molecule has 1 aromatic carbocycles. The van der Waals surface area contributed by atoms with Gasteiger partial charge in [0.15, 0.2) is 5.41 Å². The molecule has 0 aliphatic rings. The van der Waals surface area contributed by atoms with Gasteiger partial charge in [0, 0.05) is 0 Å². The van der Waals surface area contributed by atoms with Gasteiger partial charge in [-0.05, 0) is 38.5 Å². The minimum Gasteiger partial charge on any atom is -0.465 e. The summed E-state index contributed by atoms with van der Waals surface area (Å²) in [5, 5.41) is 9.26. The molecule has 0 radical (unpaired) electrons. The molecule has 5 nitrogen and oxygen atoms in total. The first-order valence-corrected chi connectivity index (χ1v) is 6.35. The molecule has 0 spiro atoms. The van der Waals surface area contributed by atoms with Gasteiger partial charge in [0.05, 0.1) is 24.8 Å². The van der Waals surface area contributed by atoms with Crippen LogP contribution in [-0.2, 0) is 19.7 Å². The zero-order valence-corrected chi connectivity index (χ0v) is 11.8. The fourth-order valence-electron chi connectivity index (χ4n) is 1.66. The van der Waals surface area contributed by atoms with Crippen molar-refractivity contribution in [1.82, 2.24) is 0 Å². The van der Waals surface area contributed by atoms with Crippen LogP contribution in [0.4, 0.5) is 0 Å². The standard InChI is InChI=1S/C15H17NO4/c1-4-19-13(17)11-6-8-12(9-7-11)15(3,10-16)14(18)20-5-2/h6-9H,4-5H2,1-3H3. The highest BCUT2D eigenvalue weighted by Gasteiger charge is 2.37. The summed E-state index contributed by atoms with van der Waals surface area (Å²) in [5.41, 5.74) is -0.533. The maximum atomic E-state index is 11.9. The lowest BCUT2D eigenvalue weighted by Crippen LogP contribution is -2.32. The number of benzene rings is 1. The molecule has 0 aliphatic carbocycles. The van der Waals surface area contributed by atoms with Crippen molar-refractivity contribution in [3.8, 4) is 6.07 Å². The SMILES string of the molecule is CCOC(=O)c1ccc(C(C)(C#N)C(=O)OCC)cc1. The molecule has 1 atom stereocenters. The third kappa shape index (κ3) is 3.15. The fourth-order valence-corrected chi connectivity index (χ4v) is 1.66. The molecule has 0 amide bonds. The first kappa shape index (κ1) is 15.7. The Labute approximate surface area is 118 Å². The van der Waals surface area contributed by atoms with Gasteiger partial charge in [0.2, 0.25) is 0 Å². The molecular formula is C15H17NO4. The van der Waals surface area contributed by atoms with Crippen molar-refractivity contribution < 1.29 is 19.1 Å². The van der Waals surface area contributed by atoms with Crippen LogP contribution in [0.3, 0.4) is 0 Å². The van der Waals surface area contributed by atoms with E-state index >= 15 is 0 Å². The third-order valence-electron chi connectivity index (χ3n) is 2.88. The third-order valence-corrected chi connectivity index (χ3v) is 2.88. The predicted molar refractivity (Wildman–Crippen MR) is 72.0 cm³/mol. The van der Waals surface area contributed by atoms with Crippen molar-refractivity contribution in [1.29, 1.82) is 5.26 Å². The highest BCUT2D eigenvalue weighted by molar-refractivity contribution is 5.90. The van der Waals surface area contributed by atoms with Crippen molar-refractivity contribution in [3.63, 3.8) is 0 Å². The van der Waals surface area contributed by atoms with Gasteiger partial charge in [-0.1, -0.05) is 12.1 Å². The van der Waals surface area contributed by atoms with Crippen LogP contribution < -0.4 is 0 Å². The summed E-state index contributed by atoms with van der Waals surface area (Å²) in [5.74, 6) is -1.04. The van der Waals surface area contributed by atoms with Crippen LogP contribution in [0.5, 0.6) is 0 Å². The molecule has 0 saturated carbocycles. The highest BCUT2D eigenvalue weighted by Crippen LogP contribution is 2.25. The zero-order chi connectivity index (χ0) is 15.2. The van der Waals surface area contributed by atoms with Gasteiger partial charge < -0.3 is 9.47 Å². The van der Waals surface area contributed by atoms with Crippen LogP contribution >= 0.6 is 0 Å². The molecule has 0 heterocycles. The Morgan fingerprint density at radius 3 is 2.15 bits per heavy atom. The Hall–Kier alpha value is -2.35. The topological polar surface area (TPSA) is 76.4 Å². The minimum absolute atomic E-state index is 0.205. The number of carbonyl (C=O) groups is 2. The molecule has 0 aromatic heterocycles. The Morgan fingerprint density at radius 1 is 1.15 bits per heavy atom. The second-order valence-electron chi connectivity index (χ2n) is 4.26. The number of esters is 2. The van der Waals surface area contributed by atoms with Gasteiger partial charge in [-0.25, -0.2) is 9.59 Å². The van der Waals surface area contributed by atoms with Crippen LogP contribution in [0, 0.1) is 11.3 Å². The first-order chi connectivity index (χ1) is 9.49. The molecule has 20 heavy (non-hydrogen) atoms. The second-order valence-corrected chi connectivity index (χ2v) is 4.26. The second kappa shape index (κ2) is 6.71. The number of nitrogens with zero attached hydrogens (tertiary/aromatic N) is 1. The summed E-state index contributed by atoms with van der Waals surface area (Å²) >= 11 is 0. The van der Waals surface area contributed by atoms with Crippen LogP contribution in [0.2, 0.25) is 0 Å². The van der Waals surface area contributed by atoms with E-state index in [1.807, 2.05) is 6.07 Å². The minimum atomic E-state index is -1.39. The summed E-state index contributed by atoms with van der Waals surface area (Å²) in [6.45, 7) is 5.39. The zero-order valence-electron chi connectivity index (χ0n) is 11.8. The van der Waals surface area contributed by atoms with Gasteiger partial charge in [-0.15, -0.1) is 0 Å². The largest absolute Gasteiger partial charge is 0.465 e. The lowest BCUT2D eigenvalue weighted by Gasteiger charge is -2.19. The maximum Gasteiger partial charge on any atom is 0.338 e. The van der Waals surface area contributed by atoms with Crippen molar-refractivity contribution in [3.05, 3.63) is 35.4 Å². The van der Waals surface area contributed by atoms with E-state index in [0.29, 0.717) is 17.7 Å². The van der Waals surface area contributed by atoms with E-state index in [9.17, 15) is 14.9 Å². The summed E-state index contributed by atoms with van der Waals surface area (Å²) in [6.07, 6.45) is 0. The summed E-state index contributed by atoms with van der Waals surface area (Å²) in [6, 6.07) is 8.15. The Morgan fingerprint density at radius 2 is 1.70 bits per heavy atom. The fraction of sp³-hybridized carbons (Fsp3) is 0.400. The summed E-state index contributed by atoms with van der Waals surface area (Å²) in [4.78, 5) is 23.4. The molecular weight excluding hydrogens is 258 g/mol. The van der Waals surface area contributed by atoms with E-state index in [1.54, 1.807) is 26.0 Å². The quantitative estimate of drug-likeness (QED) is 0.770. The number of hydrogen-bond donors (Lipinski definition) is 0. The van der Waals surface area contributed by atoms with Gasteiger partial charge in [-0.2, -0.15) is 5.26 Å². The van der Waals surface area contributed by atoms with Crippen molar-refractivity contribution in [2.24, 2.45) is 0 Å². The van der Waals surface area contributed by atoms with Crippen LogP contribution in [-0.4, -0.2) is 25.2 Å². The molecule has 1 unspecified atom stereocenters. The smallest absolute Gasteiger partial charge is 0.338 e. The molecule has 5 heteroatoms. The van der Waals surface area contributed by atoms with E-state index in [4.69, 9.17) is 9.47 Å². The summed E-state index contributed by atoms with van der Waals surface area (Å²) < 4.78 is 9.79. The van der Waals surface area contributed by atoms with Crippen LogP contribution in [0.25, 0.3) is 0 Å². The van der Waals surface area contributed by atoms with E-state index in [2.05, 4.69) is 0 Å². The normalized spacial score (nSPS) is 12.9. The number of nitriles is 1. The molecule has 0 aliphatic heterocycles. The maximum absolute atomic E-state index is 11.9. The predicted octanol–water partition coefficient (Wildman–Crippen LogP) is 2.21. The van der Waals surface area contributed by atoms with Crippen molar-refractivity contribution in [2.75, 3.05) is 13.2 Å². The van der Waals surface area contributed by atoms with E-state index in [0.717, 1.165) is 0 Å². The highest BCUT2D eigenvalue weighted by atomic mass is 16.5.